The summed E-state index contributed by atoms with van der Waals surface area (Å²) in [6.45, 7) is 1.51. The van der Waals surface area contributed by atoms with Crippen molar-refractivity contribution in [2.45, 2.75) is 25.4 Å². The van der Waals surface area contributed by atoms with E-state index in [4.69, 9.17) is 10.5 Å². The number of hydrogen-bond donors (Lipinski definition) is 1. The van der Waals surface area contributed by atoms with Crippen LogP contribution in [-0.4, -0.2) is 43.1 Å². The highest BCUT2D eigenvalue weighted by atomic mass is 35.5. The largest absolute Gasteiger partial charge is 0.491 e. The Bertz CT molecular complexity index is 524. The fourth-order valence-corrected chi connectivity index (χ4v) is 2.24. The van der Waals surface area contributed by atoms with Gasteiger partial charge in [0.1, 0.15) is 18.4 Å². The number of ether oxygens (including phenoxy) is 2. The lowest BCUT2D eigenvalue weighted by Crippen LogP contribution is -2.36. The Balaban J connectivity index is 0.00000242. The summed E-state index contributed by atoms with van der Waals surface area (Å²) in [5, 5.41) is 0. The van der Waals surface area contributed by atoms with Gasteiger partial charge in [0.25, 0.3) is 0 Å². The molecule has 0 aliphatic carbocycles. The average molecular weight is 329 g/mol. The predicted molar refractivity (Wildman–Crippen MR) is 83.8 cm³/mol. The Morgan fingerprint density at radius 1 is 1.41 bits per heavy atom. The van der Waals surface area contributed by atoms with Crippen LogP contribution in [0.5, 0.6) is 5.75 Å². The first kappa shape index (κ1) is 18.3. The molecule has 1 atom stereocenters. The molecular weight excluding hydrogens is 308 g/mol. The maximum atomic E-state index is 12.2. The monoisotopic (exact) mass is 328 g/mol. The fourth-order valence-electron chi connectivity index (χ4n) is 2.24. The molecule has 6 nitrogen and oxygen atoms in total. The zero-order valence-electron chi connectivity index (χ0n) is 12.5. The summed E-state index contributed by atoms with van der Waals surface area (Å²) >= 11 is 0. The summed E-state index contributed by atoms with van der Waals surface area (Å²) in [5.41, 5.74) is 6.63. The SMILES string of the molecule is COC(=O)[C@@H](N)CCC(=O)N1CCOc2ccccc2C1.Cl. The lowest BCUT2D eigenvalue weighted by Gasteiger charge is -2.20. The van der Waals surface area contributed by atoms with Crippen LogP contribution in [-0.2, 0) is 20.9 Å². The van der Waals surface area contributed by atoms with Gasteiger partial charge in [-0.05, 0) is 12.5 Å². The highest BCUT2D eigenvalue weighted by Gasteiger charge is 2.21. The molecule has 122 valence electrons. The number of methoxy groups -OCH3 is 1. The number of fused-ring (bicyclic) bond motifs is 1. The second-order valence-corrected chi connectivity index (χ2v) is 4.94. The summed E-state index contributed by atoms with van der Waals surface area (Å²) < 4.78 is 10.2. The van der Waals surface area contributed by atoms with Gasteiger partial charge < -0.3 is 20.1 Å². The van der Waals surface area contributed by atoms with E-state index in [9.17, 15) is 9.59 Å². The number of amides is 1. The van der Waals surface area contributed by atoms with Crippen molar-refractivity contribution < 1.29 is 19.1 Å². The molecule has 0 fully saturated rings. The van der Waals surface area contributed by atoms with Crippen molar-refractivity contribution >= 4 is 24.3 Å². The number of benzene rings is 1. The van der Waals surface area contributed by atoms with Gasteiger partial charge in [0.05, 0.1) is 13.7 Å². The van der Waals surface area contributed by atoms with Gasteiger partial charge in [-0.3, -0.25) is 9.59 Å². The van der Waals surface area contributed by atoms with E-state index in [0.29, 0.717) is 19.7 Å². The van der Waals surface area contributed by atoms with Gasteiger partial charge in [-0.15, -0.1) is 12.4 Å². The molecule has 1 aliphatic rings. The number of carbonyl (C=O) groups is 2. The van der Waals surface area contributed by atoms with Gasteiger partial charge in [-0.1, -0.05) is 18.2 Å². The summed E-state index contributed by atoms with van der Waals surface area (Å²) in [4.78, 5) is 25.2. The molecule has 1 aliphatic heterocycles. The van der Waals surface area contributed by atoms with Crippen LogP contribution in [0.3, 0.4) is 0 Å². The van der Waals surface area contributed by atoms with Crippen LogP contribution in [0.1, 0.15) is 18.4 Å². The molecule has 1 heterocycles. The highest BCUT2D eigenvalue weighted by Crippen LogP contribution is 2.22. The van der Waals surface area contributed by atoms with E-state index in [0.717, 1.165) is 11.3 Å². The highest BCUT2D eigenvalue weighted by molar-refractivity contribution is 5.85. The van der Waals surface area contributed by atoms with E-state index in [1.165, 1.54) is 7.11 Å². The maximum Gasteiger partial charge on any atom is 0.322 e. The first-order valence-electron chi connectivity index (χ1n) is 6.93. The topological polar surface area (TPSA) is 81.9 Å². The average Bonchev–Trinajstić information content (AvgIpc) is 2.73. The van der Waals surface area contributed by atoms with E-state index in [1.807, 2.05) is 24.3 Å². The van der Waals surface area contributed by atoms with E-state index < -0.39 is 12.0 Å². The van der Waals surface area contributed by atoms with Gasteiger partial charge in [0.2, 0.25) is 5.91 Å². The van der Waals surface area contributed by atoms with Crippen LogP contribution in [0.4, 0.5) is 0 Å². The smallest absolute Gasteiger partial charge is 0.322 e. The van der Waals surface area contributed by atoms with Crippen molar-refractivity contribution in [3.63, 3.8) is 0 Å². The number of para-hydroxylation sites is 1. The summed E-state index contributed by atoms with van der Waals surface area (Å²) in [6.07, 6.45) is 0.503. The van der Waals surface area contributed by atoms with Crippen LogP contribution in [0.25, 0.3) is 0 Å². The fraction of sp³-hybridized carbons (Fsp3) is 0.467. The summed E-state index contributed by atoms with van der Waals surface area (Å²) in [6, 6.07) is 6.92. The molecule has 1 aromatic rings. The molecule has 0 spiro atoms. The summed E-state index contributed by atoms with van der Waals surface area (Å²) in [5.74, 6) is 0.293. The van der Waals surface area contributed by atoms with Gasteiger partial charge in [0.15, 0.2) is 0 Å². The normalized spacial score (nSPS) is 14.7. The quantitative estimate of drug-likeness (QED) is 0.837. The first-order chi connectivity index (χ1) is 10.1. The van der Waals surface area contributed by atoms with Gasteiger partial charge >= 0.3 is 5.97 Å². The number of halogens is 1. The molecule has 1 aromatic carbocycles. The van der Waals surface area contributed by atoms with Crippen molar-refractivity contribution in [2.24, 2.45) is 5.73 Å². The van der Waals surface area contributed by atoms with Gasteiger partial charge in [-0.2, -0.15) is 0 Å². The number of nitrogens with two attached hydrogens (primary N) is 1. The molecule has 22 heavy (non-hydrogen) atoms. The van der Waals surface area contributed by atoms with Gasteiger partial charge in [-0.25, -0.2) is 0 Å². The predicted octanol–water partition coefficient (Wildman–Crippen LogP) is 1.11. The molecule has 0 unspecified atom stereocenters. The van der Waals surface area contributed by atoms with Crippen LogP contribution < -0.4 is 10.5 Å². The van der Waals surface area contributed by atoms with Crippen LogP contribution in [0.2, 0.25) is 0 Å². The minimum absolute atomic E-state index is 0. The minimum atomic E-state index is -0.755. The summed E-state index contributed by atoms with van der Waals surface area (Å²) in [7, 11) is 1.28. The van der Waals surface area contributed by atoms with Crippen molar-refractivity contribution in [2.75, 3.05) is 20.3 Å². The van der Waals surface area contributed by atoms with Crippen molar-refractivity contribution in [1.82, 2.24) is 4.90 Å². The standard InChI is InChI=1S/C15H20N2O4.ClH/c1-20-15(19)12(16)6-7-14(18)17-8-9-21-13-5-3-2-4-11(13)10-17;/h2-5,12H,6-10,16H2,1H3;1H/t12-;/m0./s1. The Kier molecular flexibility index (Phi) is 7.14. The number of rotatable bonds is 4. The Morgan fingerprint density at radius 2 is 2.14 bits per heavy atom. The van der Waals surface area contributed by atoms with E-state index in [-0.39, 0.29) is 31.2 Å². The van der Waals surface area contributed by atoms with Crippen LogP contribution in [0.15, 0.2) is 24.3 Å². The maximum absolute atomic E-state index is 12.2. The van der Waals surface area contributed by atoms with E-state index >= 15 is 0 Å². The molecule has 2 N–H and O–H groups in total. The first-order valence-corrected chi connectivity index (χ1v) is 6.93. The van der Waals surface area contributed by atoms with Crippen LogP contribution >= 0.6 is 12.4 Å². The Labute approximate surface area is 136 Å². The molecule has 7 heteroatoms. The third-order valence-electron chi connectivity index (χ3n) is 3.48. The number of carbonyl (C=O) groups excluding carboxylic acids is 2. The van der Waals surface area contributed by atoms with Crippen LogP contribution in [0, 0.1) is 0 Å². The zero-order valence-corrected chi connectivity index (χ0v) is 13.3. The Morgan fingerprint density at radius 3 is 2.86 bits per heavy atom. The van der Waals surface area contributed by atoms with Crippen molar-refractivity contribution in [1.29, 1.82) is 0 Å². The molecule has 1 amide bonds. The zero-order chi connectivity index (χ0) is 15.2. The third-order valence-corrected chi connectivity index (χ3v) is 3.48. The minimum Gasteiger partial charge on any atom is -0.491 e. The lowest BCUT2D eigenvalue weighted by atomic mass is 10.1. The molecule has 0 saturated heterocycles. The number of nitrogens with zero attached hydrogens (tertiary/aromatic N) is 1. The van der Waals surface area contributed by atoms with E-state index in [2.05, 4.69) is 4.74 Å². The third kappa shape index (κ3) is 4.61. The van der Waals surface area contributed by atoms with Crippen molar-refractivity contribution in [3.05, 3.63) is 29.8 Å². The number of hydrogen-bond acceptors (Lipinski definition) is 5. The molecule has 0 aromatic heterocycles. The second kappa shape index (κ2) is 8.60. The van der Waals surface area contributed by atoms with Gasteiger partial charge in [0, 0.05) is 18.5 Å². The van der Waals surface area contributed by atoms with Crippen molar-refractivity contribution in [3.8, 4) is 5.75 Å². The number of esters is 1. The molecule has 2 rings (SSSR count). The second-order valence-electron chi connectivity index (χ2n) is 4.94. The molecule has 0 bridgehead atoms. The lowest BCUT2D eigenvalue weighted by molar-refractivity contribution is -0.142. The molecule has 0 saturated carbocycles. The van der Waals surface area contributed by atoms with E-state index in [1.54, 1.807) is 4.90 Å². The molecule has 0 radical (unpaired) electrons. The Hall–Kier alpha value is -1.79. The molecular formula is C15H21ClN2O4.